The van der Waals surface area contributed by atoms with E-state index in [4.69, 9.17) is 0 Å². The van der Waals surface area contributed by atoms with Gasteiger partial charge in [-0.05, 0) is 67.9 Å². The summed E-state index contributed by atoms with van der Waals surface area (Å²) >= 11 is 0. The van der Waals surface area contributed by atoms with Crippen LogP contribution in [0, 0.1) is 19.8 Å². The van der Waals surface area contributed by atoms with Crippen LogP contribution in [0.4, 0.5) is 0 Å². The second-order valence-corrected chi connectivity index (χ2v) is 7.24. The Hall–Kier alpha value is -2.16. The Kier molecular flexibility index (Phi) is 3.87. The molecule has 124 valence electrons. The molecule has 24 heavy (non-hydrogen) atoms. The van der Waals surface area contributed by atoms with E-state index in [1.165, 1.54) is 16.7 Å². The molecule has 0 spiro atoms. The van der Waals surface area contributed by atoms with Gasteiger partial charge in [0, 0.05) is 18.7 Å². The predicted molar refractivity (Wildman–Crippen MR) is 94.7 cm³/mol. The molecule has 3 heteroatoms. The number of aromatic nitrogens is 1. The van der Waals surface area contributed by atoms with Gasteiger partial charge in [-0.3, -0.25) is 9.78 Å². The average Bonchev–Trinajstić information content (AvgIpc) is 3.25. The maximum Gasteiger partial charge on any atom is 0.226 e. The van der Waals surface area contributed by atoms with Gasteiger partial charge in [-0.1, -0.05) is 24.3 Å². The molecule has 1 saturated carbocycles. The Balaban J connectivity index is 1.49. The molecule has 0 radical (unpaired) electrons. The Morgan fingerprint density at radius 1 is 1.17 bits per heavy atom. The fourth-order valence-corrected chi connectivity index (χ4v) is 3.96. The fraction of sp³-hybridized carbons (Fsp3) is 0.429. The normalized spacial score (nSPS) is 25.8. The molecule has 2 fully saturated rings. The quantitative estimate of drug-likeness (QED) is 0.850. The van der Waals surface area contributed by atoms with Gasteiger partial charge in [0.15, 0.2) is 0 Å². The number of carbonyl (C=O) groups is 1. The van der Waals surface area contributed by atoms with Crippen molar-refractivity contribution in [3.63, 3.8) is 0 Å². The molecule has 4 rings (SSSR count). The van der Waals surface area contributed by atoms with Crippen LogP contribution in [0.2, 0.25) is 0 Å². The van der Waals surface area contributed by atoms with E-state index < -0.39 is 0 Å². The van der Waals surface area contributed by atoms with E-state index in [1.54, 1.807) is 0 Å². The molecule has 0 bridgehead atoms. The van der Waals surface area contributed by atoms with Crippen LogP contribution in [-0.4, -0.2) is 22.3 Å². The Bertz CT molecular complexity index is 756. The minimum absolute atomic E-state index is 0.163. The van der Waals surface area contributed by atoms with Crippen molar-refractivity contribution in [1.29, 1.82) is 0 Å². The van der Waals surface area contributed by atoms with Crippen LogP contribution in [0.1, 0.15) is 53.6 Å². The summed E-state index contributed by atoms with van der Waals surface area (Å²) in [5, 5.41) is 0. The van der Waals surface area contributed by atoms with E-state index in [1.807, 2.05) is 24.4 Å². The number of hydrogen-bond acceptors (Lipinski definition) is 2. The lowest BCUT2D eigenvalue weighted by Gasteiger charge is -2.24. The monoisotopic (exact) mass is 320 g/mol. The Morgan fingerprint density at radius 3 is 2.79 bits per heavy atom. The second-order valence-electron chi connectivity index (χ2n) is 7.24. The minimum Gasteiger partial charge on any atom is -0.334 e. The molecule has 0 N–H and O–H groups in total. The SMILES string of the molecule is Cc1ccc([C@@H]2C[C@H]2C(=O)N2CCC[C@H]2c2ccccn2)cc1C. The maximum absolute atomic E-state index is 13.0. The highest BCUT2D eigenvalue weighted by Crippen LogP contribution is 2.50. The van der Waals surface area contributed by atoms with Crippen molar-refractivity contribution in [1.82, 2.24) is 9.88 Å². The van der Waals surface area contributed by atoms with Gasteiger partial charge in [0.2, 0.25) is 5.91 Å². The van der Waals surface area contributed by atoms with Crippen molar-refractivity contribution in [3.05, 3.63) is 65.0 Å². The highest BCUT2D eigenvalue weighted by atomic mass is 16.2. The third-order valence-corrected chi connectivity index (χ3v) is 5.63. The standard InChI is InChI=1S/C21H24N2O/c1-14-8-9-16(12-15(14)2)17-13-18(17)21(24)23-11-5-7-20(23)19-6-3-4-10-22-19/h3-4,6,8-10,12,17-18,20H,5,7,11,13H2,1-2H3/t17-,18+,20-/m0/s1. The van der Waals surface area contributed by atoms with Crippen LogP contribution in [0.25, 0.3) is 0 Å². The molecule has 2 aliphatic rings. The molecule has 2 heterocycles. The number of benzene rings is 1. The summed E-state index contributed by atoms with van der Waals surface area (Å²) in [6, 6.07) is 12.8. The number of pyridine rings is 1. The van der Waals surface area contributed by atoms with Crippen molar-refractivity contribution in [3.8, 4) is 0 Å². The lowest BCUT2D eigenvalue weighted by Crippen LogP contribution is -2.32. The van der Waals surface area contributed by atoms with Gasteiger partial charge in [0.1, 0.15) is 0 Å². The molecule has 1 aliphatic carbocycles. The van der Waals surface area contributed by atoms with Gasteiger partial charge < -0.3 is 4.90 Å². The number of likely N-dealkylation sites (tertiary alicyclic amines) is 1. The van der Waals surface area contributed by atoms with Gasteiger partial charge in [-0.2, -0.15) is 0 Å². The summed E-state index contributed by atoms with van der Waals surface area (Å²) < 4.78 is 0. The molecule has 3 atom stereocenters. The minimum atomic E-state index is 0.163. The third-order valence-electron chi connectivity index (χ3n) is 5.63. The Labute approximate surface area is 143 Å². The summed E-state index contributed by atoms with van der Waals surface area (Å²) in [4.78, 5) is 19.6. The number of amides is 1. The van der Waals surface area contributed by atoms with Crippen molar-refractivity contribution in [2.24, 2.45) is 5.92 Å². The van der Waals surface area contributed by atoms with Crippen molar-refractivity contribution in [2.75, 3.05) is 6.54 Å². The molecular formula is C21H24N2O. The van der Waals surface area contributed by atoms with E-state index in [0.29, 0.717) is 11.8 Å². The van der Waals surface area contributed by atoms with Gasteiger partial charge in [-0.25, -0.2) is 0 Å². The first kappa shape index (κ1) is 15.4. The lowest BCUT2D eigenvalue weighted by molar-refractivity contribution is -0.133. The maximum atomic E-state index is 13.0. The first-order valence-electron chi connectivity index (χ1n) is 8.93. The number of rotatable bonds is 3. The van der Waals surface area contributed by atoms with Gasteiger partial charge in [0.25, 0.3) is 0 Å². The molecule has 0 unspecified atom stereocenters. The topological polar surface area (TPSA) is 33.2 Å². The van der Waals surface area contributed by atoms with Crippen LogP contribution < -0.4 is 0 Å². The smallest absolute Gasteiger partial charge is 0.226 e. The summed E-state index contributed by atoms with van der Waals surface area (Å²) in [6.45, 7) is 5.15. The number of aryl methyl sites for hydroxylation is 2. The number of carbonyl (C=O) groups excluding carboxylic acids is 1. The van der Waals surface area contributed by atoms with Crippen LogP contribution >= 0.6 is 0 Å². The molecule has 1 aliphatic heterocycles. The van der Waals surface area contributed by atoms with Crippen molar-refractivity contribution < 1.29 is 4.79 Å². The van der Waals surface area contributed by atoms with E-state index in [-0.39, 0.29) is 12.0 Å². The van der Waals surface area contributed by atoms with E-state index in [9.17, 15) is 4.79 Å². The molecule has 1 saturated heterocycles. The first-order valence-corrected chi connectivity index (χ1v) is 8.93. The predicted octanol–water partition coefficient (Wildman–Crippen LogP) is 4.17. The van der Waals surface area contributed by atoms with Crippen molar-refractivity contribution in [2.45, 2.75) is 45.1 Å². The molecular weight excluding hydrogens is 296 g/mol. The summed E-state index contributed by atoms with van der Waals surface area (Å²) in [7, 11) is 0. The lowest BCUT2D eigenvalue weighted by atomic mass is 10.0. The highest BCUT2D eigenvalue weighted by Gasteiger charge is 2.47. The van der Waals surface area contributed by atoms with Crippen LogP contribution in [0.3, 0.4) is 0 Å². The number of hydrogen-bond donors (Lipinski definition) is 0. The zero-order valence-corrected chi connectivity index (χ0v) is 14.4. The van der Waals surface area contributed by atoms with Crippen LogP contribution in [0.15, 0.2) is 42.6 Å². The Morgan fingerprint density at radius 2 is 2.04 bits per heavy atom. The zero-order valence-electron chi connectivity index (χ0n) is 14.4. The third kappa shape index (κ3) is 2.72. The first-order chi connectivity index (χ1) is 11.6. The van der Waals surface area contributed by atoms with Gasteiger partial charge in [-0.15, -0.1) is 0 Å². The summed E-state index contributed by atoms with van der Waals surface area (Å²) in [5.41, 5.74) is 4.99. The molecule has 1 aromatic carbocycles. The van der Waals surface area contributed by atoms with E-state index in [0.717, 1.165) is 31.5 Å². The average molecular weight is 320 g/mol. The van der Waals surface area contributed by atoms with Crippen LogP contribution in [-0.2, 0) is 4.79 Å². The second kappa shape index (κ2) is 6.04. The number of nitrogens with zero attached hydrogens (tertiary/aromatic N) is 2. The summed E-state index contributed by atoms with van der Waals surface area (Å²) in [6.07, 6.45) is 4.93. The molecule has 2 aromatic rings. The van der Waals surface area contributed by atoms with Crippen LogP contribution in [0.5, 0.6) is 0 Å². The fourth-order valence-electron chi connectivity index (χ4n) is 3.96. The molecule has 3 nitrogen and oxygen atoms in total. The summed E-state index contributed by atoms with van der Waals surface area (Å²) in [5.74, 6) is 0.893. The zero-order chi connectivity index (χ0) is 16.7. The highest BCUT2D eigenvalue weighted by molar-refractivity contribution is 5.83. The van der Waals surface area contributed by atoms with E-state index in [2.05, 4.69) is 41.9 Å². The molecule has 1 aromatic heterocycles. The van der Waals surface area contributed by atoms with E-state index >= 15 is 0 Å². The van der Waals surface area contributed by atoms with Gasteiger partial charge in [0.05, 0.1) is 11.7 Å². The largest absolute Gasteiger partial charge is 0.334 e. The van der Waals surface area contributed by atoms with Crippen molar-refractivity contribution >= 4 is 5.91 Å². The van der Waals surface area contributed by atoms with Gasteiger partial charge >= 0.3 is 0 Å². The molecule has 1 amide bonds.